The Bertz CT molecular complexity index is 1480. The molecule has 23 nitrogen and oxygen atoms in total. The van der Waals surface area contributed by atoms with Gasteiger partial charge in [0.05, 0.1) is 12.5 Å². The van der Waals surface area contributed by atoms with E-state index in [1.807, 2.05) is 0 Å². The molecule has 0 aliphatic carbocycles. The van der Waals surface area contributed by atoms with Gasteiger partial charge in [0.1, 0.15) is 36.3 Å². The molecular weight excluding hydrogens is 790 g/mol. The molecule has 0 heterocycles. The van der Waals surface area contributed by atoms with E-state index in [-0.39, 0.29) is 25.8 Å². The molecule has 8 atom stereocenters. The summed E-state index contributed by atoms with van der Waals surface area (Å²) in [5, 5.41) is 33.3. The van der Waals surface area contributed by atoms with Crippen LogP contribution in [0.5, 0.6) is 0 Å². The van der Waals surface area contributed by atoms with Gasteiger partial charge >= 0.3 is 11.9 Å². The summed E-state index contributed by atoms with van der Waals surface area (Å²) in [5.41, 5.74) is 27.6. The first kappa shape index (κ1) is 54.6. The van der Waals surface area contributed by atoms with E-state index in [2.05, 4.69) is 31.9 Å². The van der Waals surface area contributed by atoms with Crippen LogP contribution < -0.4 is 60.6 Å². The number of hydrogen-bond acceptors (Lipinski definition) is 13. The number of carboxylic acid groups (broad SMARTS) is 2. The van der Waals surface area contributed by atoms with Gasteiger partial charge in [0.15, 0.2) is 0 Å². The topological polar surface area (TPSA) is 413 Å². The molecule has 0 saturated heterocycles. The highest BCUT2D eigenvalue weighted by Crippen LogP contribution is 2.13. The summed E-state index contributed by atoms with van der Waals surface area (Å²) in [7, 11) is 0. The minimum absolute atomic E-state index is 0.0162. The molecule has 0 saturated carbocycles. The molecule has 0 unspecified atom stereocenters. The summed E-state index contributed by atoms with van der Waals surface area (Å²) >= 11 is 0. The lowest BCUT2D eigenvalue weighted by Crippen LogP contribution is -2.61. The average Bonchev–Trinajstić information content (AvgIpc) is 3.17. The predicted molar refractivity (Wildman–Crippen MR) is 216 cm³/mol. The number of rotatable bonds is 32. The van der Waals surface area contributed by atoms with Gasteiger partial charge in [-0.15, -0.1) is 0 Å². The predicted octanol–water partition coefficient (Wildman–Crippen LogP) is -3.73. The molecule has 0 spiro atoms. The van der Waals surface area contributed by atoms with Crippen LogP contribution in [0.15, 0.2) is 0 Å². The molecule has 23 heteroatoms. The quantitative estimate of drug-likeness (QED) is 0.0289. The molecule has 0 aromatic heterocycles. The van der Waals surface area contributed by atoms with Crippen LogP contribution in [0.4, 0.5) is 0 Å². The third kappa shape index (κ3) is 21.5. The maximum atomic E-state index is 13.8. The van der Waals surface area contributed by atoms with E-state index < -0.39 is 139 Å². The third-order valence-electron chi connectivity index (χ3n) is 9.54. The second-order valence-electron chi connectivity index (χ2n) is 15.0. The van der Waals surface area contributed by atoms with Gasteiger partial charge in [-0.05, 0) is 76.3 Å². The van der Waals surface area contributed by atoms with E-state index in [0.717, 1.165) is 0 Å². The Kier molecular flexibility index (Phi) is 26.3. The molecule has 0 bridgehead atoms. The second-order valence-corrected chi connectivity index (χ2v) is 15.0. The van der Waals surface area contributed by atoms with Crippen molar-refractivity contribution in [3.63, 3.8) is 0 Å². The first-order chi connectivity index (χ1) is 28.1. The fraction of sp³-hybridized carbons (Fsp3) is 0.730. The van der Waals surface area contributed by atoms with E-state index >= 15 is 0 Å². The largest absolute Gasteiger partial charge is 0.481 e. The van der Waals surface area contributed by atoms with Crippen molar-refractivity contribution < 1.29 is 58.2 Å². The lowest BCUT2D eigenvalue weighted by molar-refractivity contribution is -0.142. The number of amides is 8. The molecule has 342 valence electrons. The monoisotopic (exact) mass is 857 g/mol. The molecule has 0 aliphatic rings. The number of primary amides is 2. The molecule has 18 N–H and O–H groups in total. The third-order valence-corrected chi connectivity index (χ3v) is 9.54. The van der Waals surface area contributed by atoms with Gasteiger partial charge in [-0.25, -0.2) is 4.79 Å². The highest BCUT2D eigenvalue weighted by Gasteiger charge is 2.36. The molecule has 0 radical (unpaired) electrons. The van der Waals surface area contributed by atoms with Crippen molar-refractivity contribution in [1.29, 1.82) is 0 Å². The first-order valence-corrected chi connectivity index (χ1v) is 20.1. The number of unbranched alkanes of at least 4 members (excludes halogenated alkanes) is 2. The van der Waals surface area contributed by atoms with Gasteiger partial charge in [0.2, 0.25) is 47.3 Å². The number of nitrogens with two attached hydrogens (primary N) is 5. The Labute approximate surface area is 349 Å². The minimum atomic E-state index is -1.73. The number of nitrogens with one attached hydrogen (secondary N) is 6. The zero-order valence-corrected chi connectivity index (χ0v) is 35.0. The van der Waals surface area contributed by atoms with Crippen molar-refractivity contribution in [3.8, 4) is 0 Å². The van der Waals surface area contributed by atoms with Crippen LogP contribution in [0.3, 0.4) is 0 Å². The number of aliphatic carboxylic acids is 2. The summed E-state index contributed by atoms with van der Waals surface area (Å²) < 4.78 is 0. The summed E-state index contributed by atoms with van der Waals surface area (Å²) in [6, 6.07) is -9.74. The van der Waals surface area contributed by atoms with Crippen molar-refractivity contribution in [1.82, 2.24) is 31.9 Å². The Morgan fingerprint density at radius 1 is 0.517 bits per heavy atom. The highest BCUT2D eigenvalue weighted by molar-refractivity contribution is 5.98. The molecule has 0 aromatic rings. The van der Waals surface area contributed by atoms with Crippen LogP contribution in [-0.4, -0.2) is 125 Å². The lowest BCUT2D eigenvalue weighted by atomic mass is 9.95. The fourth-order valence-corrected chi connectivity index (χ4v) is 5.71. The van der Waals surface area contributed by atoms with Crippen LogP contribution in [0.1, 0.15) is 105 Å². The van der Waals surface area contributed by atoms with E-state index in [9.17, 15) is 53.1 Å². The van der Waals surface area contributed by atoms with E-state index in [1.165, 1.54) is 0 Å². The van der Waals surface area contributed by atoms with Crippen LogP contribution in [0.2, 0.25) is 0 Å². The Morgan fingerprint density at radius 3 is 1.42 bits per heavy atom. The maximum Gasteiger partial charge on any atom is 0.326 e. The SMILES string of the molecule is CC[C@H](C)[C@H](NC(=O)[C@@H](NC(=O)[C@@H](N)CCC(=O)O)C(C)C)C(=O)N[C@@H](CC(N)=O)C(=O)N[C@@H](CCC(N)=O)C(=O)N[C@@H](CCCCN)C(=O)N[C@@H](CCCCN)C(=O)O. The highest BCUT2D eigenvalue weighted by atomic mass is 16.4. The van der Waals surface area contributed by atoms with Crippen LogP contribution >= 0.6 is 0 Å². The number of carboxylic acids is 2. The van der Waals surface area contributed by atoms with Gasteiger partial charge in [-0.3, -0.25) is 43.2 Å². The lowest BCUT2D eigenvalue weighted by Gasteiger charge is -2.30. The van der Waals surface area contributed by atoms with Crippen molar-refractivity contribution >= 4 is 59.2 Å². The molecule has 0 aliphatic heterocycles. The zero-order chi connectivity index (χ0) is 46.1. The van der Waals surface area contributed by atoms with Crippen LogP contribution in [-0.2, 0) is 47.9 Å². The summed E-state index contributed by atoms with van der Waals surface area (Å²) in [4.78, 5) is 127. The average molecular weight is 858 g/mol. The molecule has 60 heavy (non-hydrogen) atoms. The normalized spacial score (nSPS) is 15.1. The number of carbonyl (C=O) groups is 10. The maximum absolute atomic E-state index is 13.8. The van der Waals surface area contributed by atoms with Gasteiger partial charge < -0.3 is 70.8 Å². The van der Waals surface area contributed by atoms with Gasteiger partial charge in [-0.2, -0.15) is 0 Å². The second kappa shape index (κ2) is 28.9. The fourth-order valence-electron chi connectivity index (χ4n) is 5.71. The molecule has 0 fully saturated rings. The number of hydrogen-bond donors (Lipinski definition) is 13. The van der Waals surface area contributed by atoms with Crippen molar-refractivity contribution in [2.45, 2.75) is 147 Å². The molecule has 8 amide bonds. The van der Waals surface area contributed by atoms with Crippen molar-refractivity contribution in [2.24, 2.45) is 40.5 Å². The van der Waals surface area contributed by atoms with E-state index in [4.69, 9.17) is 33.8 Å². The molecule has 0 rings (SSSR count). The minimum Gasteiger partial charge on any atom is -0.481 e. The Hall–Kier alpha value is -5.42. The van der Waals surface area contributed by atoms with Crippen LogP contribution in [0, 0.1) is 11.8 Å². The van der Waals surface area contributed by atoms with E-state index in [0.29, 0.717) is 38.6 Å². The van der Waals surface area contributed by atoms with Gasteiger partial charge in [-0.1, -0.05) is 34.1 Å². The van der Waals surface area contributed by atoms with Crippen molar-refractivity contribution in [3.05, 3.63) is 0 Å². The molecular formula is C37H67N11O12. The van der Waals surface area contributed by atoms with Gasteiger partial charge in [0.25, 0.3) is 0 Å². The van der Waals surface area contributed by atoms with Crippen LogP contribution in [0.25, 0.3) is 0 Å². The standard InChI is InChI=1S/C37H67N11O12/c1-5-20(4)30(48-35(57)29(19(2)3)47-31(53)21(40)12-15-28(51)52)36(58)46-25(18-27(42)50)34(56)44-23(13-14-26(41)49)33(55)43-22(10-6-8-16-38)32(54)45-24(37(59)60)11-7-9-17-39/h19-25,29-30H,5-18,38-40H2,1-4H3,(H2,41,49)(H2,42,50)(H,43,55)(H,44,56)(H,45,54)(H,46,58)(H,47,53)(H,48,57)(H,51,52)(H,59,60)/t20-,21-,22-,23-,24-,25-,29-,30-/m0/s1. The van der Waals surface area contributed by atoms with E-state index in [1.54, 1.807) is 27.7 Å². The summed E-state index contributed by atoms with van der Waals surface area (Å²) in [6.07, 6.45) is -0.117. The first-order valence-electron chi connectivity index (χ1n) is 20.1. The zero-order valence-electron chi connectivity index (χ0n) is 35.0. The summed E-state index contributed by atoms with van der Waals surface area (Å²) in [6.45, 7) is 7.10. The summed E-state index contributed by atoms with van der Waals surface area (Å²) in [5.74, 6) is -11.0. The van der Waals surface area contributed by atoms with Gasteiger partial charge in [0, 0.05) is 12.8 Å². The molecule has 0 aromatic carbocycles. The number of carbonyl (C=O) groups excluding carboxylic acids is 8. The van der Waals surface area contributed by atoms with Crippen molar-refractivity contribution in [2.75, 3.05) is 13.1 Å². The Morgan fingerprint density at radius 2 is 0.967 bits per heavy atom. The smallest absolute Gasteiger partial charge is 0.326 e. The Balaban J connectivity index is 6.42.